The van der Waals surface area contributed by atoms with Gasteiger partial charge in [-0.1, -0.05) is 84.9 Å². The van der Waals surface area contributed by atoms with E-state index in [9.17, 15) is 4.79 Å². The highest BCUT2D eigenvalue weighted by molar-refractivity contribution is 7.16. The predicted molar refractivity (Wildman–Crippen MR) is 146 cm³/mol. The Balaban J connectivity index is 1.08. The molecule has 1 aliphatic carbocycles. The first-order chi connectivity index (χ1) is 17.8. The van der Waals surface area contributed by atoms with E-state index in [2.05, 4.69) is 97.1 Å². The summed E-state index contributed by atoms with van der Waals surface area (Å²) in [6.45, 7) is 0.380. The third-order valence-corrected chi connectivity index (χ3v) is 9.13. The molecule has 0 saturated carbocycles. The van der Waals surface area contributed by atoms with Gasteiger partial charge in [-0.25, -0.2) is 4.79 Å². The van der Waals surface area contributed by atoms with E-state index in [1.165, 1.54) is 43.1 Å². The number of carbonyl (C=O) groups excluding carboxylic acids is 1. The summed E-state index contributed by atoms with van der Waals surface area (Å²) >= 11 is 1.85. The highest BCUT2D eigenvalue weighted by atomic mass is 32.1. The van der Waals surface area contributed by atoms with Gasteiger partial charge < -0.3 is 4.74 Å². The lowest BCUT2D eigenvalue weighted by Gasteiger charge is -2.33. The third-order valence-electron chi connectivity index (χ3n) is 7.92. The van der Waals surface area contributed by atoms with Crippen LogP contribution < -0.4 is 0 Å². The van der Waals surface area contributed by atoms with E-state index in [0.29, 0.717) is 6.61 Å². The van der Waals surface area contributed by atoms with Crippen molar-refractivity contribution < 1.29 is 9.53 Å². The van der Waals surface area contributed by atoms with Crippen molar-refractivity contribution in [3.8, 4) is 21.6 Å². The lowest BCUT2D eigenvalue weighted by molar-refractivity contribution is 0.0867. The Hall–Kier alpha value is -3.63. The van der Waals surface area contributed by atoms with E-state index in [4.69, 9.17) is 4.74 Å². The quantitative estimate of drug-likeness (QED) is 0.291. The summed E-state index contributed by atoms with van der Waals surface area (Å²) in [7, 11) is 0. The molecule has 2 aliphatic heterocycles. The van der Waals surface area contributed by atoms with Crippen LogP contribution in [0.1, 0.15) is 41.2 Å². The first-order valence-electron chi connectivity index (χ1n) is 12.8. The normalized spacial score (nSPS) is 20.1. The topological polar surface area (TPSA) is 29.5 Å². The number of thiophene rings is 1. The Morgan fingerprint density at radius 1 is 0.806 bits per heavy atom. The minimum atomic E-state index is -0.171. The maximum Gasteiger partial charge on any atom is 0.410 e. The highest BCUT2D eigenvalue weighted by Gasteiger charge is 2.41. The number of nitrogens with zero attached hydrogens (tertiary/aromatic N) is 1. The number of fused-ring (bicyclic) bond motifs is 5. The fraction of sp³-hybridized carbons (Fsp3) is 0.219. The summed E-state index contributed by atoms with van der Waals surface area (Å²) < 4.78 is 6.02. The maximum atomic E-state index is 13.3. The number of rotatable bonds is 4. The van der Waals surface area contributed by atoms with E-state index in [0.717, 1.165) is 19.3 Å². The minimum Gasteiger partial charge on any atom is -0.448 e. The molecule has 2 atom stereocenters. The number of benzene rings is 3. The number of amides is 1. The van der Waals surface area contributed by atoms with E-state index >= 15 is 0 Å². The fourth-order valence-electron chi connectivity index (χ4n) is 6.23. The van der Waals surface area contributed by atoms with Gasteiger partial charge in [0.05, 0.1) is 6.04 Å². The summed E-state index contributed by atoms with van der Waals surface area (Å²) in [5.74, 6) is 0.0948. The summed E-state index contributed by atoms with van der Waals surface area (Å²) in [6.07, 6.45) is 5.08. The molecule has 4 heteroatoms. The molecule has 1 amide bonds. The van der Waals surface area contributed by atoms with Gasteiger partial charge >= 0.3 is 6.09 Å². The van der Waals surface area contributed by atoms with Crippen LogP contribution in [0, 0.1) is 0 Å². The van der Waals surface area contributed by atoms with E-state index in [1.54, 1.807) is 0 Å². The summed E-state index contributed by atoms with van der Waals surface area (Å²) in [4.78, 5) is 18.0. The maximum absolute atomic E-state index is 13.3. The Labute approximate surface area is 215 Å². The molecule has 1 saturated heterocycles. The van der Waals surface area contributed by atoms with E-state index in [1.807, 2.05) is 16.2 Å². The number of ether oxygens (including phenoxy) is 1. The second kappa shape index (κ2) is 8.79. The van der Waals surface area contributed by atoms with Crippen LogP contribution in [0.25, 0.3) is 27.1 Å². The molecule has 2 bridgehead atoms. The minimum absolute atomic E-state index is 0.0948. The zero-order valence-corrected chi connectivity index (χ0v) is 20.8. The molecular formula is C32H27NO2S. The molecule has 3 aromatic carbocycles. The largest absolute Gasteiger partial charge is 0.448 e. The van der Waals surface area contributed by atoms with Crippen molar-refractivity contribution in [2.24, 2.45) is 0 Å². The van der Waals surface area contributed by atoms with Gasteiger partial charge in [0.1, 0.15) is 6.61 Å². The van der Waals surface area contributed by atoms with Crippen LogP contribution in [0.2, 0.25) is 0 Å². The summed E-state index contributed by atoms with van der Waals surface area (Å²) in [5.41, 5.74) is 7.64. The Kier molecular flexibility index (Phi) is 5.28. The second-order valence-corrected chi connectivity index (χ2v) is 11.0. The summed E-state index contributed by atoms with van der Waals surface area (Å²) in [5, 5.41) is 0. The molecule has 0 spiro atoms. The molecule has 1 fully saturated rings. The van der Waals surface area contributed by atoms with Gasteiger partial charge in [-0.2, -0.15) is 0 Å². The van der Waals surface area contributed by atoms with Gasteiger partial charge in [-0.15, -0.1) is 11.3 Å². The number of hydrogen-bond donors (Lipinski definition) is 0. The van der Waals surface area contributed by atoms with Gasteiger partial charge in [-0.3, -0.25) is 4.90 Å². The zero-order chi connectivity index (χ0) is 24.1. The Bertz CT molecular complexity index is 1420. The molecule has 0 radical (unpaired) electrons. The lowest BCUT2D eigenvalue weighted by Crippen LogP contribution is -2.43. The van der Waals surface area contributed by atoms with Crippen LogP contribution in [0.5, 0.6) is 0 Å². The van der Waals surface area contributed by atoms with Gasteiger partial charge in [-0.05, 0) is 64.8 Å². The molecular weight excluding hydrogens is 462 g/mol. The van der Waals surface area contributed by atoms with Crippen LogP contribution in [-0.2, 0) is 4.74 Å². The first-order valence-corrected chi connectivity index (χ1v) is 13.6. The smallest absolute Gasteiger partial charge is 0.410 e. The highest BCUT2D eigenvalue weighted by Crippen LogP contribution is 2.45. The van der Waals surface area contributed by atoms with Crippen molar-refractivity contribution in [2.45, 2.75) is 37.3 Å². The van der Waals surface area contributed by atoms with Gasteiger partial charge in [0.2, 0.25) is 0 Å². The second-order valence-electron chi connectivity index (χ2n) is 9.94. The van der Waals surface area contributed by atoms with Crippen LogP contribution in [0.4, 0.5) is 4.79 Å². The fourth-order valence-corrected chi connectivity index (χ4v) is 7.28. The zero-order valence-electron chi connectivity index (χ0n) is 20.0. The molecule has 1 aromatic heterocycles. The summed E-state index contributed by atoms with van der Waals surface area (Å²) in [6, 6.07) is 32.3. The number of carbonyl (C=O) groups is 1. The molecule has 36 heavy (non-hydrogen) atoms. The third kappa shape index (κ3) is 3.59. The Morgan fingerprint density at radius 2 is 1.47 bits per heavy atom. The van der Waals surface area contributed by atoms with Crippen LogP contribution in [-0.4, -0.2) is 29.7 Å². The van der Waals surface area contributed by atoms with Gasteiger partial charge in [0, 0.05) is 21.7 Å². The Morgan fingerprint density at radius 3 is 2.19 bits per heavy atom. The van der Waals surface area contributed by atoms with Gasteiger partial charge in [0.15, 0.2) is 0 Å². The molecule has 178 valence electrons. The molecule has 0 N–H and O–H groups in total. The van der Waals surface area contributed by atoms with Crippen molar-refractivity contribution >= 4 is 23.0 Å². The molecule has 2 unspecified atom stereocenters. The lowest BCUT2D eigenvalue weighted by atomic mass is 9.98. The van der Waals surface area contributed by atoms with Crippen molar-refractivity contribution in [2.75, 3.05) is 6.61 Å². The van der Waals surface area contributed by atoms with E-state index < -0.39 is 0 Å². The first kappa shape index (κ1) is 21.6. The van der Waals surface area contributed by atoms with Gasteiger partial charge in [0.25, 0.3) is 0 Å². The molecule has 4 aromatic rings. The standard InChI is InChI=1S/C32H27NO2S/c34-32(35-20-29-27-12-6-4-10-25(27)26-11-5-7-13-28(26)29)33-23-14-15-24(33)19-22(18-23)31-17-16-30(36-31)21-8-2-1-3-9-21/h1-13,16-18,23-24,29H,14-15,19-20H2. The van der Waals surface area contributed by atoms with Crippen molar-refractivity contribution in [1.29, 1.82) is 0 Å². The predicted octanol–water partition coefficient (Wildman–Crippen LogP) is 7.98. The molecule has 7 rings (SSSR count). The molecule has 3 aliphatic rings. The monoisotopic (exact) mass is 489 g/mol. The SMILES string of the molecule is O=C(OCC1c2ccccc2-c2ccccc21)N1C2C=C(c3ccc(-c4ccccc4)s3)CC1CC2. The van der Waals surface area contributed by atoms with Crippen molar-refractivity contribution in [3.05, 3.63) is 113 Å². The average Bonchev–Trinajstić information content (AvgIpc) is 3.61. The average molecular weight is 490 g/mol. The molecule has 3 heterocycles. The van der Waals surface area contributed by atoms with Crippen molar-refractivity contribution in [1.82, 2.24) is 4.90 Å². The molecule has 3 nitrogen and oxygen atoms in total. The van der Waals surface area contributed by atoms with Crippen molar-refractivity contribution in [3.63, 3.8) is 0 Å². The van der Waals surface area contributed by atoms with E-state index in [-0.39, 0.29) is 24.1 Å². The van der Waals surface area contributed by atoms with Crippen LogP contribution >= 0.6 is 11.3 Å². The number of hydrogen-bond acceptors (Lipinski definition) is 3. The van der Waals surface area contributed by atoms with Crippen LogP contribution in [0.3, 0.4) is 0 Å². The van der Waals surface area contributed by atoms with Crippen LogP contribution in [0.15, 0.2) is 97.1 Å².